The summed E-state index contributed by atoms with van der Waals surface area (Å²) in [7, 11) is 2.85. The zero-order valence-corrected chi connectivity index (χ0v) is 17.4. The zero-order chi connectivity index (χ0) is 21.6. The van der Waals surface area contributed by atoms with Crippen LogP contribution >= 0.6 is 23.2 Å². The van der Waals surface area contributed by atoms with Crippen LogP contribution in [0.5, 0.6) is 11.8 Å². The van der Waals surface area contributed by atoms with Crippen molar-refractivity contribution in [3.05, 3.63) is 84.7 Å². The third-order valence-electron chi connectivity index (χ3n) is 4.73. The summed E-state index contributed by atoms with van der Waals surface area (Å²) in [4.78, 5) is 29.5. The first-order chi connectivity index (χ1) is 14.3. The van der Waals surface area contributed by atoms with Gasteiger partial charge in [0.25, 0.3) is 5.56 Å². The van der Waals surface area contributed by atoms with Crippen LogP contribution in [0.4, 0.5) is 4.39 Å². The van der Waals surface area contributed by atoms with E-state index in [0.717, 1.165) is 4.57 Å². The van der Waals surface area contributed by atoms with Crippen LogP contribution in [-0.4, -0.2) is 18.7 Å². The number of nitrogens with zero attached hydrogens (tertiary/aromatic N) is 4. The number of para-hydroxylation sites is 1. The summed E-state index contributed by atoms with van der Waals surface area (Å²) in [6.07, 6.45) is 0. The van der Waals surface area contributed by atoms with Gasteiger partial charge >= 0.3 is 11.7 Å². The second kappa shape index (κ2) is 7.62. The first kappa shape index (κ1) is 20.2. The Bertz CT molecular complexity index is 1390. The van der Waals surface area contributed by atoms with Crippen LogP contribution in [0.25, 0.3) is 11.2 Å². The van der Waals surface area contributed by atoms with E-state index in [0.29, 0.717) is 15.6 Å². The smallest absolute Gasteiger partial charge is 0.332 e. The number of halogens is 3. The highest BCUT2D eigenvalue weighted by atomic mass is 35.5. The Morgan fingerprint density at radius 1 is 1.00 bits per heavy atom. The van der Waals surface area contributed by atoms with Gasteiger partial charge in [-0.05, 0) is 24.3 Å². The predicted molar refractivity (Wildman–Crippen MR) is 112 cm³/mol. The van der Waals surface area contributed by atoms with Gasteiger partial charge in [0, 0.05) is 29.7 Å². The number of benzene rings is 2. The minimum absolute atomic E-state index is 0.0201. The molecule has 0 unspecified atom stereocenters. The Balaban J connectivity index is 2.01. The third-order valence-corrected chi connectivity index (χ3v) is 5.44. The van der Waals surface area contributed by atoms with E-state index >= 15 is 0 Å². The third kappa shape index (κ3) is 3.28. The largest absolute Gasteiger partial charge is 0.422 e. The number of aryl methyl sites for hydroxylation is 1. The van der Waals surface area contributed by atoms with Gasteiger partial charge < -0.3 is 4.74 Å². The van der Waals surface area contributed by atoms with Gasteiger partial charge in [-0.2, -0.15) is 4.98 Å². The maximum atomic E-state index is 14.2. The van der Waals surface area contributed by atoms with E-state index in [9.17, 15) is 14.0 Å². The van der Waals surface area contributed by atoms with Crippen LogP contribution in [0.1, 0.15) is 5.56 Å². The number of hydrogen-bond donors (Lipinski definition) is 0. The molecule has 0 N–H and O–H groups in total. The van der Waals surface area contributed by atoms with Gasteiger partial charge in [0.05, 0.1) is 6.54 Å². The van der Waals surface area contributed by atoms with Crippen LogP contribution in [0.3, 0.4) is 0 Å². The fourth-order valence-electron chi connectivity index (χ4n) is 3.12. The molecule has 4 rings (SSSR count). The van der Waals surface area contributed by atoms with Gasteiger partial charge in [-0.25, -0.2) is 9.18 Å². The Hall–Kier alpha value is -3.10. The van der Waals surface area contributed by atoms with E-state index in [2.05, 4.69) is 4.98 Å². The van der Waals surface area contributed by atoms with Gasteiger partial charge in [0.2, 0.25) is 0 Å². The molecule has 0 atom stereocenters. The molecule has 0 fully saturated rings. The fourth-order valence-corrected chi connectivity index (χ4v) is 3.64. The van der Waals surface area contributed by atoms with Crippen LogP contribution < -0.4 is 16.0 Å². The Morgan fingerprint density at radius 3 is 2.33 bits per heavy atom. The van der Waals surface area contributed by atoms with Crippen molar-refractivity contribution in [1.29, 1.82) is 0 Å². The molecule has 0 radical (unpaired) electrons. The Morgan fingerprint density at radius 2 is 1.67 bits per heavy atom. The molecular formula is C20H15Cl2FN4O3. The van der Waals surface area contributed by atoms with E-state index in [1.807, 2.05) is 0 Å². The number of rotatable bonds is 4. The van der Waals surface area contributed by atoms with Crippen molar-refractivity contribution in [2.45, 2.75) is 6.54 Å². The number of imidazole rings is 1. The molecule has 2 aromatic carbocycles. The highest BCUT2D eigenvalue weighted by molar-refractivity contribution is 6.36. The lowest BCUT2D eigenvalue weighted by atomic mass is 10.2. The number of fused-ring (bicyclic) bond motifs is 1. The lowest BCUT2D eigenvalue weighted by Crippen LogP contribution is -2.37. The second-order valence-corrected chi connectivity index (χ2v) is 7.41. The molecule has 4 aromatic rings. The normalized spacial score (nSPS) is 11.2. The topological polar surface area (TPSA) is 71.1 Å². The minimum atomic E-state index is -0.603. The molecule has 2 heterocycles. The summed E-state index contributed by atoms with van der Waals surface area (Å²) >= 11 is 12.6. The molecule has 154 valence electrons. The summed E-state index contributed by atoms with van der Waals surface area (Å²) in [5.41, 5.74) is -0.411. The van der Waals surface area contributed by atoms with E-state index in [-0.39, 0.29) is 29.5 Å². The van der Waals surface area contributed by atoms with Gasteiger partial charge in [0.15, 0.2) is 22.7 Å². The standard InChI is InChI=1S/C20H15Cl2FN4O3/c1-25-17-16(18(28)26(2)20(25)29)27(10-11-12(21)6-5-7-13(11)22)19(24-17)30-15-9-4-3-8-14(15)23/h3-9H,10H2,1-2H3. The molecule has 0 bridgehead atoms. The van der Waals surface area contributed by atoms with Gasteiger partial charge in [-0.1, -0.05) is 41.4 Å². The molecule has 0 aliphatic heterocycles. The number of hydrogen-bond acceptors (Lipinski definition) is 4. The molecule has 0 saturated carbocycles. The summed E-state index contributed by atoms with van der Waals surface area (Å²) in [5, 5.41) is 0.755. The van der Waals surface area contributed by atoms with Crippen LogP contribution in [0.2, 0.25) is 10.0 Å². The zero-order valence-electron chi connectivity index (χ0n) is 15.9. The van der Waals surface area contributed by atoms with Crippen molar-refractivity contribution in [1.82, 2.24) is 18.7 Å². The molecule has 30 heavy (non-hydrogen) atoms. The van der Waals surface area contributed by atoms with Crippen molar-refractivity contribution in [3.63, 3.8) is 0 Å². The predicted octanol–water partition coefficient (Wildman–Crippen LogP) is 3.72. The minimum Gasteiger partial charge on any atom is -0.422 e. The highest BCUT2D eigenvalue weighted by Gasteiger charge is 2.22. The summed E-state index contributed by atoms with van der Waals surface area (Å²) in [6.45, 7) is 0.0201. The number of ether oxygens (including phenoxy) is 1. The molecule has 2 aromatic heterocycles. The number of aromatic nitrogens is 4. The quantitative estimate of drug-likeness (QED) is 0.476. The molecular weight excluding hydrogens is 434 g/mol. The van der Waals surface area contributed by atoms with Gasteiger partial charge in [-0.15, -0.1) is 0 Å². The SMILES string of the molecule is Cn1c(=O)c2c(nc(Oc3ccccc3F)n2Cc2c(Cl)cccc2Cl)n(C)c1=O. The van der Waals surface area contributed by atoms with Crippen LogP contribution in [0, 0.1) is 5.82 Å². The first-order valence-electron chi connectivity index (χ1n) is 8.81. The monoisotopic (exact) mass is 448 g/mol. The van der Waals surface area contributed by atoms with Crippen molar-refractivity contribution in [3.8, 4) is 11.8 Å². The lowest BCUT2D eigenvalue weighted by molar-refractivity contribution is 0.395. The molecule has 0 spiro atoms. The first-order valence-corrected chi connectivity index (χ1v) is 9.56. The average Bonchev–Trinajstić information content (AvgIpc) is 3.07. The average molecular weight is 449 g/mol. The van der Waals surface area contributed by atoms with Crippen molar-refractivity contribution < 1.29 is 9.13 Å². The fraction of sp³-hybridized carbons (Fsp3) is 0.150. The van der Waals surface area contributed by atoms with Crippen molar-refractivity contribution in [2.24, 2.45) is 14.1 Å². The molecule has 10 heteroatoms. The summed E-state index contributed by atoms with van der Waals surface area (Å²) in [6, 6.07) is 10.7. The summed E-state index contributed by atoms with van der Waals surface area (Å²) in [5.74, 6) is -0.685. The van der Waals surface area contributed by atoms with Crippen LogP contribution in [0.15, 0.2) is 52.1 Å². The van der Waals surface area contributed by atoms with Crippen molar-refractivity contribution >= 4 is 34.4 Å². The Labute approximate surface area is 179 Å². The van der Waals surface area contributed by atoms with E-state index in [1.165, 1.54) is 41.4 Å². The summed E-state index contributed by atoms with van der Waals surface area (Å²) < 4.78 is 23.5. The molecule has 0 aliphatic carbocycles. The van der Waals surface area contributed by atoms with E-state index in [1.54, 1.807) is 24.3 Å². The second-order valence-electron chi connectivity index (χ2n) is 6.59. The van der Waals surface area contributed by atoms with E-state index in [4.69, 9.17) is 27.9 Å². The maximum absolute atomic E-state index is 14.2. The molecule has 7 nitrogen and oxygen atoms in total. The molecule has 0 amide bonds. The van der Waals surface area contributed by atoms with Crippen LogP contribution in [-0.2, 0) is 20.6 Å². The lowest BCUT2D eigenvalue weighted by Gasteiger charge is -2.12. The van der Waals surface area contributed by atoms with Crippen molar-refractivity contribution in [2.75, 3.05) is 0 Å². The maximum Gasteiger partial charge on any atom is 0.332 e. The molecule has 0 saturated heterocycles. The van der Waals surface area contributed by atoms with Gasteiger partial charge in [0.1, 0.15) is 0 Å². The molecule has 0 aliphatic rings. The Kier molecular flexibility index (Phi) is 5.13. The van der Waals surface area contributed by atoms with E-state index < -0.39 is 17.1 Å². The van der Waals surface area contributed by atoms with Gasteiger partial charge in [-0.3, -0.25) is 18.5 Å². The highest BCUT2D eigenvalue weighted by Crippen LogP contribution is 2.30.